The van der Waals surface area contributed by atoms with Crippen molar-refractivity contribution in [1.29, 1.82) is 0 Å². The lowest BCUT2D eigenvalue weighted by Gasteiger charge is -2.47. The van der Waals surface area contributed by atoms with Crippen molar-refractivity contribution in [2.45, 2.75) is 52.1 Å². The molecule has 0 aromatic rings. The van der Waals surface area contributed by atoms with E-state index in [1.165, 1.54) is 37.4 Å². The molecule has 0 aliphatic carbocycles. The number of piperazine rings is 1. The minimum Gasteiger partial charge on any atom is -0.396 e. The SMILES string of the molecule is CC(C)(C)CN1CCN(C2CCSCC2)CC1CCO. The van der Waals surface area contributed by atoms with E-state index < -0.39 is 0 Å². The van der Waals surface area contributed by atoms with Crippen LogP contribution in [0.4, 0.5) is 0 Å². The first kappa shape index (κ1) is 16.6. The molecule has 0 bridgehead atoms. The molecule has 1 atom stereocenters. The van der Waals surface area contributed by atoms with Crippen LogP contribution in [-0.4, -0.2) is 71.3 Å². The van der Waals surface area contributed by atoms with Crippen LogP contribution in [0.1, 0.15) is 40.0 Å². The molecule has 118 valence electrons. The van der Waals surface area contributed by atoms with E-state index in [0.29, 0.717) is 18.1 Å². The van der Waals surface area contributed by atoms with Crippen LogP contribution in [0.15, 0.2) is 0 Å². The van der Waals surface area contributed by atoms with Crippen molar-refractivity contribution in [3.8, 4) is 0 Å². The molecule has 20 heavy (non-hydrogen) atoms. The van der Waals surface area contributed by atoms with Gasteiger partial charge in [-0.1, -0.05) is 20.8 Å². The minimum atomic E-state index is 0.319. The fourth-order valence-corrected chi connectivity index (χ4v) is 4.62. The molecule has 3 nitrogen and oxygen atoms in total. The maximum absolute atomic E-state index is 9.38. The third-order valence-corrected chi connectivity index (χ3v) is 5.53. The standard InChI is InChI=1S/C16H32N2OS/c1-16(2,3)13-18-8-7-17(12-15(18)4-9-19)14-5-10-20-11-6-14/h14-15,19H,4-13H2,1-3H3. The second-order valence-electron chi connectivity index (χ2n) is 7.54. The maximum atomic E-state index is 9.38. The first-order valence-corrected chi connectivity index (χ1v) is 9.32. The van der Waals surface area contributed by atoms with Gasteiger partial charge in [0.05, 0.1) is 0 Å². The Morgan fingerprint density at radius 3 is 2.45 bits per heavy atom. The molecule has 0 radical (unpaired) electrons. The number of rotatable bonds is 4. The number of hydrogen-bond donors (Lipinski definition) is 1. The largest absolute Gasteiger partial charge is 0.396 e. The zero-order valence-corrected chi connectivity index (χ0v) is 14.3. The first-order valence-electron chi connectivity index (χ1n) is 8.16. The second kappa shape index (κ2) is 7.48. The average molecular weight is 301 g/mol. The highest BCUT2D eigenvalue weighted by Gasteiger charge is 2.32. The zero-order chi connectivity index (χ0) is 14.6. The van der Waals surface area contributed by atoms with Gasteiger partial charge in [0, 0.05) is 44.9 Å². The van der Waals surface area contributed by atoms with Crippen LogP contribution in [0.25, 0.3) is 0 Å². The van der Waals surface area contributed by atoms with E-state index in [2.05, 4.69) is 42.3 Å². The summed E-state index contributed by atoms with van der Waals surface area (Å²) in [4.78, 5) is 5.32. The van der Waals surface area contributed by atoms with Crippen molar-refractivity contribution in [3.63, 3.8) is 0 Å². The van der Waals surface area contributed by atoms with Crippen LogP contribution in [0.2, 0.25) is 0 Å². The molecule has 2 aliphatic heterocycles. The molecule has 2 saturated heterocycles. The van der Waals surface area contributed by atoms with Gasteiger partial charge in [-0.25, -0.2) is 0 Å². The molecule has 1 N–H and O–H groups in total. The summed E-state index contributed by atoms with van der Waals surface area (Å²) in [7, 11) is 0. The van der Waals surface area contributed by atoms with Gasteiger partial charge >= 0.3 is 0 Å². The van der Waals surface area contributed by atoms with Gasteiger partial charge in [-0.2, -0.15) is 11.8 Å². The molecular weight excluding hydrogens is 268 g/mol. The van der Waals surface area contributed by atoms with Crippen molar-refractivity contribution in [2.24, 2.45) is 5.41 Å². The Morgan fingerprint density at radius 1 is 1.15 bits per heavy atom. The van der Waals surface area contributed by atoms with E-state index in [9.17, 15) is 5.11 Å². The average Bonchev–Trinajstić information content (AvgIpc) is 2.40. The Kier molecular flexibility index (Phi) is 6.21. The zero-order valence-electron chi connectivity index (χ0n) is 13.5. The van der Waals surface area contributed by atoms with Crippen LogP contribution in [0.5, 0.6) is 0 Å². The summed E-state index contributed by atoms with van der Waals surface area (Å²) in [6.07, 6.45) is 3.64. The molecule has 0 amide bonds. The van der Waals surface area contributed by atoms with Crippen molar-refractivity contribution < 1.29 is 5.11 Å². The number of aliphatic hydroxyl groups is 1. The molecule has 2 heterocycles. The van der Waals surface area contributed by atoms with Crippen molar-refractivity contribution in [3.05, 3.63) is 0 Å². The van der Waals surface area contributed by atoms with Crippen molar-refractivity contribution in [1.82, 2.24) is 9.80 Å². The van der Waals surface area contributed by atoms with E-state index in [0.717, 1.165) is 25.6 Å². The Bertz CT molecular complexity index is 287. The van der Waals surface area contributed by atoms with Gasteiger partial charge in [0.2, 0.25) is 0 Å². The van der Waals surface area contributed by atoms with Crippen LogP contribution in [0.3, 0.4) is 0 Å². The summed E-state index contributed by atoms with van der Waals surface area (Å²) in [5.41, 5.74) is 0.345. The molecule has 2 rings (SSSR count). The molecular formula is C16H32N2OS. The highest BCUT2D eigenvalue weighted by molar-refractivity contribution is 7.99. The van der Waals surface area contributed by atoms with E-state index in [1.807, 2.05) is 0 Å². The topological polar surface area (TPSA) is 26.7 Å². The normalized spacial score (nSPS) is 27.9. The Labute approximate surface area is 129 Å². The van der Waals surface area contributed by atoms with Gasteiger partial charge < -0.3 is 5.11 Å². The lowest BCUT2D eigenvalue weighted by molar-refractivity contribution is 0.0167. The summed E-state index contributed by atoms with van der Waals surface area (Å²) in [6, 6.07) is 1.34. The second-order valence-corrected chi connectivity index (χ2v) is 8.76. The van der Waals surface area contributed by atoms with Gasteiger partial charge in [-0.3, -0.25) is 9.80 Å². The van der Waals surface area contributed by atoms with Crippen molar-refractivity contribution in [2.75, 3.05) is 44.3 Å². The van der Waals surface area contributed by atoms with Crippen LogP contribution in [0, 0.1) is 5.41 Å². The predicted octanol–water partition coefficient (Wildman–Crippen LogP) is 2.30. The molecule has 2 aliphatic rings. The van der Waals surface area contributed by atoms with Gasteiger partial charge in [-0.15, -0.1) is 0 Å². The Balaban J connectivity index is 1.92. The molecule has 0 spiro atoms. The summed E-state index contributed by atoms with van der Waals surface area (Å²) in [6.45, 7) is 12.0. The third-order valence-electron chi connectivity index (χ3n) is 4.48. The summed E-state index contributed by atoms with van der Waals surface area (Å²) >= 11 is 2.11. The predicted molar refractivity (Wildman–Crippen MR) is 88.4 cm³/mol. The lowest BCUT2D eigenvalue weighted by atomic mass is 9.93. The van der Waals surface area contributed by atoms with Gasteiger partial charge in [0.1, 0.15) is 0 Å². The fourth-order valence-electron chi connectivity index (χ4n) is 3.54. The highest BCUT2D eigenvalue weighted by Crippen LogP contribution is 2.26. The molecule has 2 fully saturated rings. The smallest absolute Gasteiger partial charge is 0.0446 e. The van der Waals surface area contributed by atoms with Crippen molar-refractivity contribution >= 4 is 11.8 Å². The van der Waals surface area contributed by atoms with Gasteiger partial charge in [-0.05, 0) is 36.2 Å². The number of aliphatic hydroxyl groups excluding tert-OH is 1. The minimum absolute atomic E-state index is 0.319. The summed E-state index contributed by atoms with van der Waals surface area (Å²) in [5.74, 6) is 2.66. The van der Waals surface area contributed by atoms with Crippen LogP contribution in [-0.2, 0) is 0 Å². The number of thioether (sulfide) groups is 1. The van der Waals surface area contributed by atoms with Crippen LogP contribution < -0.4 is 0 Å². The molecule has 0 aromatic heterocycles. The maximum Gasteiger partial charge on any atom is 0.0446 e. The van der Waals surface area contributed by atoms with Crippen LogP contribution >= 0.6 is 11.8 Å². The molecule has 0 saturated carbocycles. The van der Waals surface area contributed by atoms with E-state index >= 15 is 0 Å². The van der Waals surface area contributed by atoms with Gasteiger partial charge in [0.15, 0.2) is 0 Å². The quantitative estimate of drug-likeness (QED) is 0.862. The Morgan fingerprint density at radius 2 is 1.85 bits per heavy atom. The third kappa shape index (κ3) is 4.90. The number of nitrogens with zero attached hydrogens (tertiary/aromatic N) is 2. The van der Waals surface area contributed by atoms with E-state index in [-0.39, 0.29) is 0 Å². The van der Waals surface area contributed by atoms with Gasteiger partial charge in [0.25, 0.3) is 0 Å². The summed E-state index contributed by atoms with van der Waals surface area (Å²) in [5, 5.41) is 9.38. The highest BCUT2D eigenvalue weighted by atomic mass is 32.2. The Hall–Kier alpha value is 0.230. The molecule has 1 unspecified atom stereocenters. The van der Waals surface area contributed by atoms with E-state index in [4.69, 9.17) is 0 Å². The molecule has 0 aromatic carbocycles. The lowest BCUT2D eigenvalue weighted by Crippen LogP contribution is -2.57. The fraction of sp³-hybridized carbons (Fsp3) is 1.00. The number of hydrogen-bond acceptors (Lipinski definition) is 4. The monoisotopic (exact) mass is 300 g/mol. The molecule has 4 heteroatoms. The van der Waals surface area contributed by atoms with E-state index in [1.54, 1.807) is 0 Å². The first-order chi connectivity index (χ1) is 9.49. The summed E-state index contributed by atoms with van der Waals surface area (Å²) < 4.78 is 0.